The molecule has 23 heavy (non-hydrogen) atoms. The Morgan fingerprint density at radius 2 is 1.74 bits per heavy atom. The van der Waals surface area contributed by atoms with Crippen molar-refractivity contribution in [3.63, 3.8) is 0 Å². The number of rotatable bonds is 4. The van der Waals surface area contributed by atoms with Gasteiger partial charge in [0.15, 0.2) is 0 Å². The molecule has 1 aromatic carbocycles. The number of carbonyl (C=O) groups excluding carboxylic acids is 1. The van der Waals surface area contributed by atoms with Crippen LogP contribution in [0.15, 0.2) is 42.6 Å². The lowest BCUT2D eigenvalue weighted by atomic mass is 9.87. The summed E-state index contributed by atoms with van der Waals surface area (Å²) in [5.74, 6) is 0.456. The first kappa shape index (κ1) is 16.8. The van der Waals surface area contributed by atoms with Gasteiger partial charge in [-0.2, -0.15) is 0 Å². The van der Waals surface area contributed by atoms with E-state index < -0.39 is 6.09 Å². The van der Waals surface area contributed by atoms with E-state index in [2.05, 4.69) is 48.5 Å². The highest BCUT2D eigenvalue weighted by Crippen LogP contribution is 2.24. The molecule has 1 amide bonds. The molecule has 0 atom stereocenters. The highest BCUT2D eigenvalue weighted by Gasteiger charge is 2.12. The van der Waals surface area contributed by atoms with Gasteiger partial charge in [0, 0.05) is 5.69 Å². The molecule has 0 aliphatic rings. The Labute approximate surface area is 137 Å². The van der Waals surface area contributed by atoms with E-state index in [9.17, 15) is 4.79 Å². The summed E-state index contributed by atoms with van der Waals surface area (Å²) in [6.07, 6.45) is 1.16. The fourth-order valence-electron chi connectivity index (χ4n) is 2.03. The van der Waals surface area contributed by atoms with Gasteiger partial charge >= 0.3 is 6.09 Å². The van der Waals surface area contributed by atoms with Crippen LogP contribution in [0.4, 0.5) is 22.0 Å². The van der Waals surface area contributed by atoms with E-state index in [-0.39, 0.29) is 5.41 Å². The number of hydrogen-bond donors (Lipinski definition) is 2. The Morgan fingerprint density at radius 1 is 1.09 bits per heavy atom. The molecule has 2 aromatic rings. The lowest BCUT2D eigenvalue weighted by molar-refractivity contribution is 0.168. The normalized spacial score (nSPS) is 11.0. The van der Waals surface area contributed by atoms with Crippen molar-refractivity contribution in [1.82, 2.24) is 4.98 Å². The molecule has 5 nitrogen and oxygen atoms in total. The van der Waals surface area contributed by atoms with Crippen LogP contribution in [-0.2, 0) is 10.2 Å². The van der Waals surface area contributed by atoms with Gasteiger partial charge in [-0.15, -0.1) is 0 Å². The van der Waals surface area contributed by atoms with Crippen LogP contribution < -0.4 is 10.6 Å². The van der Waals surface area contributed by atoms with Crippen molar-refractivity contribution in [2.24, 2.45) is 0 Å². The molecule has 5 heteroatoms. The molecule has 0 bridgehead atoms. The summed E-state index contributed by atoms with van der Waals surface area (Å²) >= 11 is 0. The van der Waals surface area contributed by atoms with Crippen LogP contribution in [0.25, 0.3) is 0 Å². The lowest BCUT2D eigenvalue weighted by Crippen LogP contribution is -2.14. The van der Waals surface area contributed by atoms with Crippen molar-refractivity contribution in [2.75, 3.05) is 17.2 Å². The van der Waals surface area contributed by atoms with Gasteiger partial charge in [-0.05, 0) is 42.2 Å². The Morgan fingerprint density at radius 3 is 2.26 bits per heavy atom. The number of benzene rings is 1. The smallest absolute Gasteiger partial charge is 0.412 e. The molecule has 1 aromatic heterocycles. The molecule has 0 saturated heterocycles. The van der Waals surface area contributed by atoms with Crippen LogP contribution in [0.1, 0.15) is 33.3 Å². The van der Waals surface area contributed by atoms with E-state index in [1.165, 1.54) is 5.56 Å². The second kappa shape index (κ2) is 7.13. The van der Waals surface area contributed by atoms with Crippen molar-refractivity contribution in [3.05, 3.63) is 48.2 Å². The van der Waals surface area contributed by atoms with Crippen molar-refractivity contribution in [2.45, 2.75) is 33.1 Å². The molecule has 0 radical (unpaired) electrons. The minimum Gasteiger partial charge on any atom is -0.450 e. The van der Waals surface area contributed by atoms with E-state index in [0.29, 0.717) is 12.4 Å². The first-order valence-corrected chi connectivity index (χ1v) is 7.66. The number of nitrogens with one attached hydrogen (secondary N) is 2. The Hall–Kier alpha value is -2.56. The average molecular weight is 313 g/mol. The fraction of sp³-hybridized carbons (Fsp3) is 0.333. The Kier molecular flexibility index (Phi) is 5.21. The first-order chi connectivity index (χ1) is 10.9. The number of aromatic nitrogens is 1. The molecule has 0 spiro atoms. The van der Waals surface area contributed by atoms with Crippen molar-refractivity contribution in [1.29, 1.82) is 0 Å². The van der Waals surface area contributed by atoms with Gasteiger partial charge in [-0.1, -0.05) is 32.9 Å². The predicted octanol–water partition coefficient (Wildman–Crippen LogP) is 4.69. The van der Waals surface area contributed by atoms with Gasteiger partial charge < -0.3 is 10.1 Å². The number of pyridine rings is 1. The van der Waals surface area contributed by atoms with E-state index in [1.807, 2.05) is 18.2 Å². The summed E-state index contributed by atoms with van der Waals surface area (Å²) in [7, 11) is 0. The third-order valence-electron chi connectivity index (χ3n) is 3.31. The number of amides is 1. The molecule has 0 fully saturated rings. The third-order valence-corrected chi connectivity index (χ3v) is 3.31. The predicted molar refractivity (Wildman–Crippen MR) is 93.3 cm³/mol. The van der Waals surface area contributed by atoms with Gasteiger partial charge in [0.2, 0.25) is 0 Å². The summed E-state index contributed by atoms with van der Waals surface area (Å²) < 4.78 is 4.80. The van der Waals surface area contributed by atoms with E-state index in [0.717, 1.165) is 11.4 Å². The van der Waals surface area contributed by atoms with E-state index in [1.54, 1.807) is 19.2 Å². The zero-order valence-corrected chi connectivity index (χ0v) is 14.0. The summed E-state index contributed by atoms with van der Waals surface area (Å²) in [4.78, 5) is 15.5. The molecule has 2 N–H and O–H groups in total. The summed E-state index contributed by atoms with van der Waals surface area (Å²) in [6, 6.07) is 11.9. The van der Waals surface area contributed by atoms with Crippen LogP contribution >= 0.6 is 0 Å². The molecule has 0 aliphatic heterocycles. The number of carbonyl (C=O) groups is 1. The molecule has 0 aliphatic carbocycles. The zero-order chi connectivity index (χ0) is 16.9. The number of anilines is 3. The second-order valence-corrected chi connectivity index (χ2v) is 6.23. The second-order valence-electron chi connectivity index (χ2n) is 6.23. The van der Waals surface area contributed by atoms with Gasteiger partial charge in [0.05, 0.1) is 18.5 Å². The fourth-order valence-corrected chi connectivity index (χ4v) is 2.03. The largest absolute Gasteiger partial charge is 0.450 e. The standard InChI is InChI=1S/C18H23N3O2/c1-5-23-17(22)21-16-11-10-15(12-19-16)20-14-8-6-13(7-9-14)18(2,3)4/h6-12,20H,5H2,1-4H3,(H,19,21,22). The van der Waals surface area contributed by atoms with E-state index in [4.69, 9.17) is 4.74 Å². The van der Waals surface area contributed by atoms with Crippen LogP contribution in [0.5, 0.6) is 0 Å². The number of nitrogens with zero attached hydrogens (tertiary/aromatic N) is 1. The van der Waals surface area contributed by atoms with Gasteiger partial charge in [-0.25, -0.2) is 9.78 Å². The monoisotopic (exact) mass is 313 g/mol. The third kappa shape index (κ3) is 4.98. The number of hydrogen-bond acceptors (Lipinski definition) is 4. The Balaban J connectivity index is 1.99. The minimum atomic E-state index is -0.501. The topological polar surface area (TPSA) is 63.2 Å². The first-order valence-electron chi connectivity index (χ1n) is 7.66. The highest BCUT2D eigenvalue weighted by molar-refractivity contribution is 5.83. The molecular formula is C18H23N3O2. The molecule has 0 unspecified atom stereocenters. The molecule has 2 rings (SSSR count). The SMILES string of the molecule is CCOC(=O)Nc1ccc(Nc2ccc(C(C)(C)C)cc2)cn1. The van der Waals surface area contributed by atoms with Crippen molar-refractivity contribution in [3.8, 4) is 0 Å². The Bertz CT molecular complexity index is 643. The molecular weight excluding hydrogens is 290 g/mol. The van der Waals surface area contributed by atoms with Crippen molar-refractivity contribution < 1.29 is 9.53 Å². The highest BCUT2D eigenvalue weighted by atomic mass is 16.5. The maximum atomic E-state index is 11.3. The van der Waals surface area contributed by atoms with Crippen molar-refractivity contribution >= 4 is 23.3 Å². The quantitative estimate of drug-likeness (QED) is 0.859. The van der Waals surface area contributed by atoms with Crippen LogP contribution in [0, 0.1) is 0 Å². The minimum absolute atomic E-state index is 0.139. The number of ether oxygens (including phenoxy) is 1. The lowest BCUT2D eigenvalue weighted by Gasteiger charge is -2.19. The van der Waals surface area contributed by atoms with E-state index >= 15 is 0 Å². The molecule has 1 heterocycles. The molecule has 0 saturated carbocycles. The van der Waals surface area contributed by atoms with Crippen LogP contribution in [-0.4, -0.2) is 17.7 Å². The maximum absolute atomic E-state index is 11.3. The van der Waals surface area contributed by atoms with Crippen LogP contribution in [0.2, 0.25) is 0 Å². The average Bonchev–Trinajstić information content (AvgIpc) is 2.49. The van der Waals surface area contributed by atoms with Gasteiger partial charge in [0.25, 0.3) is 0 Å². The van der Waals surface area contributed by atoms with Gasteiger partial charge in [0.1, 0.15) is 5.82 Å². The van der Waals surface area contributed by atoms with Gasteiger partial charge in [-0.3, -0.25) is 5.32 Å². The molecule has 122 valence electrons. The maximum Gasteiger partial charge on any atom is 0.412 e. The summed E-state index contributed by atoms with van der Waals surface area (Å²) in [5, 5.41) is 5.84. The summed E-state index contributed by atoms with van der Waals surface area (Å²) in [5.41, 5.74) is 3.27. The summed E-state index contributed by atoms with van der Waals surface area (Å²) in [6.45, 7) is 8.65. The zero-order valence-electron chi connectivity index (χ0n) is 14.0. The van der Waals surface area contributed by atoms with Crippen LogP contribution in [0.3, 0.4) is 0 Å².